The Balaban J connectivity index is 2.08. The van der Waals surface area contributed by atoms with Crippen LogP contribution in [0.4, 0.5) is 11.5 Å². The minimum atomic E-state index is -0.466. The summed E-state index contributed by atoms with van der Waals surface area (Å²) in [5.41, 5.74) is 6.11. The molecule has 0 amide bonds. The summed E-state index contributed by atoms with van der Waals surface area (Å²) in [5, 5.41) is 24.2. The molecule has 3 N–H and O–H groups in total. The van der Waals surface area contributed by atoms with Gasteiger partial charge in [0.25, 0.3) is 0 Å². The highest BCUT2D eigenvalue weighted by atomic mass is 16.6. The molecule has 0 aliphatic heterocycles. The average molecular weight is 282 g/mol. The van der Waals surface area contributed by atoms with Crippen molar-refractivity contribution in [2.45, 2.75) is 51.5 Å². The van der Waals surface area contributed by atoms with Gasteiger partial charge in [0.1, 0.15) is 5.69 Å². The molecule has 1 aromatic rings. The molecule has 0 unspecified atom stereocenters. The van der Waals surface area contributed by atoms with Gasteiger partial charge in [-0.25, -0.2) is 4.68 Å². The van der Waals surface area contributed by atoms with E-state index >= 15 is 0 Å². The minimum absolute atomic E-state index is 0.0442. The van der Waals surface area contributed by atoms with Crippen molar-refractivity contribution in [3.63, 3.8) is 0 Å². The fraction of sp³-hybridized carbons (Fsp3) is 0.769. The van der Waals surface area contributed by atoms with Crippen LogP contribution in [0.1, 0.15) is 44.2 Å². The van der Waals surface area contributed by atoms with Gasteiger partial charge in [-0.3, -0.25) is 10.1 Å². The highest BCUT2D eigenvalue weighted by Crippen LogP contribution is 2.31. The summed E-state index contributed by atoms with van der Waals surface area (Å²) in [5.74, 6) is 0.690. The van der Waals surface area contributed by atoms with Gasteiger partial charge in [-0.05, 0) is 18.8 Å². The molecule has 2 rings (SSSR count). The Morgan fingerprint density at radius 1 is 1.40 bits per heavy atom. The second kappa shape index (κ2) is 6.69. The maximum Gasteiger partial charge on any atom is 0.333 e. The largest absolute Gasteiger partial charge is 0.394 e. The molecular formula is C13H22N4O3. The van der Waals surface area contributed by atoms with E-state index in [1.54, 1.807) is 0 Å². The summed E-state index contributed by atoms with van der Waals surface area (Å²) in [6.07, 6.45) is 7.75. The molecule has 112 valence electrons. The Bertz CT molecular complexity index is 466. The number of aromatic nitrogens is 2. The van der Waals surface area contributed by atoms with Crippen molar-refractivity contribution in [2.75, 3.05) is 12.3 Å². The molecule has 20 heavy (non-hydrogen) atoms. The van der Waals surface area contributed by atoms with E-state index in [1.807, 2.05) is 0 Å². The Kier molecular flexibility index (Phi) is 4.94. The lowest BCUT2D eigenvalue weighted by Gasteiger charge is -2.20. The Morgan fingerprint density at radius 3 is 2.70 bits per heavy atom. The van der Waals surface area contributed by atoms with Crippen molar-refractivity contribution in [1.82, 2.24) is 9.78 Å². The van der Waals surface area contributed by atoms with Gasteiger partial charge in [0.15, 0.2) is 0 Å². The molecule has 0 atom stereocenters. The van der Waals surface area contributed by atoms with E-state index in [0.717, 1.165) is 6.42 Å². The second-order valence-corrected chi connectivity index (χ2v) is 5.43. The molecule has 1 fully saturated rings. The van der Waals surface area contributed by atoms with E-state index in [1.165, 1.54) is 36.8 Å². The number of rotatable bonds is 6. The molecule has 7 heteroatoms. The molecule has 0 saturated heterocycles. The normalized spacial score (nSPS) is 16.4. The van der Waals surface area contributed by atoms with Crippen LogP contribution in [0.15, 0.2) is 0 Å². The molecule has 1 saturated carbocycles. The lowest BCUT2D eigenvalue weighted by atomic mass is 9.86. The van der Waals surface area contributed by atoms with Crippen LogP contribution < -0.4 is 5.73 Å². The molecule has 1 heterocycles. The monoisotopic (exact) mass is 282 g/mol. The summed E-state index contributed by atoms with van der Waals surface area (Å²) in [4.78, 5) is 10.7. The van der Waals surface area contributed by atoms with E-state index < -0.39 is 4.92 Å². The summed E-state index contributed by atoms with van der Waals surface area (Å²) in [6, 6.07) is 0. The standard InChI is InChI=1S/C13H22N4O3/c14-13-12(17(19)20)11(15-16(13)8-9-18)7-6-10-4-2-1-3-5-10/h10,18H,1-9,14H2. The van der Waals surface area contributed by atoms with Gasteiger partial charge < -0.3 is 10.8 Å². The first-order chi connectivity index (χ1) is 9.63. The van der Waals surface area contributed by atoms with Crippen LogP contribution >= 0.6 is 0 Å². The van der Waals surface area contributed by atoms with Crippen molar-refractivity contribution in [3.05, 3.63) is 15.8 Å². The first-order valence-electron chi connectivity index (χ1n) is 7.24. The number of hydrogen-bond acceptors (Lipinski definition) is 5. The van der Waals surface area contributed by atoms with Gasteiger partial charge in [0, 0.05) is 0 Å². The zero-order chi connectivity index (χ0) is 14.5. The third kappa shape index (κ3) is 3.27. The van der Waals surface area contributed by atoms with Gasteiger partial charge in [0.05, 0.1) is 18.1 Å². The number of nitrogens with zero attached hydrogens (tertiary/aromatic N) is 3. The molecule has 0 radical (unpaired) electrons. The van der Waals surface area contributed by atoms with Gasteiger partial charge in [-0.1, -0.05) is 32.1 Å². The lowest BCUT2D eigenvalue weighted by molar-refractivity contribution is -0.384. The fourth-order valence-electron chi connectivity index (χ4n) is 2.97. The van der Waals surface area contributed by atoms with Crippen molar-refractivity contribution in [2.24, 2.45) is 5.92 Å². The number of nitrogens with two attached hydrogens (primary N) is 1. The van der Waals surface area contributed by atoms with Crippen molar-refractivity contribution < 1.29 is 10.0 Å². The Hall–Kier alpha value is -1.63. The van der Waals surface area contributed by atoms with E-state index in [4.69, 9.17) is 10.8 Å². The molecule has 1 aliphatic rings. The Morgan fingerprint density at radius 2 is 2.10 bits per heavy atom. The Labute approximate surface area is 117 Å². The number of aryl methyl sites for hydroxylation is 1. The highest BCUT2D eigenvalue weighted by Gasteiger charge is 2.26. The van der Waals surface area contributed by atoms with Crippen LogP contribution in [0.2, 0.25) is 0 Å². The molecule has 1 aromatic heterocycles. The summed E-state index contributed by atoms with van der Waals surface area (Å²) >= 11 is 0. The summed E-state index contributed by atoms with van der Waals surface area (Å²) in [7, 11) is 0. The van der Waals surface area contributed by atoms with Crippen molar-refractivity contribution >= 4 is 11.5 Å². The zero-order valence-corrected chi connectivity index (χ0v) is 11.6. The fourth-order valence-corrected chi connectivity index (χ4v) is 2.97. The van der Waals surface area contributed by atoms with E-state index in [9.17, 15) is 10.1 Å². The molecular weight excluding hydrogens is 260 g/mol. The topological polar surface area (TPSA) is 107 Å². The summed E-state index contributed by atoms with van der Waals surface area (Å²) in [6.45, 7) is 0.0567. The van der Waals surface area contributed by atoms with Crippen LogP contribution in [-0.4, -0.2) is 26.4 Å². The molecule has 0 spiro atoms. The van der Waals surface area contributed by atoms with Gasteiger partial charge in [-0.2, -0.15) is 5.10 Å². The van der Waals surface area contributed by atoms with Crippen LogP contribution in [0, 0.1) is 16.0 Å². The number of aliphatic hydroxyl groups excluding tert-OH is 1. The minimum Gasteiger partial charge on any atom is -0.394 e. The van der Waals surface area contributed by atoms with Crippen LogP contribution in [0.5, 0.6) is 0 Å². The average Bonchev–Trinajstić information content (AvgIpc) is 2.75. The molecule has 1 aliphatic carbocycles. The van der Waals surface area contributed by atoms with Gasteiger partial charge in [0.2, 0.25) is 5.82 Å². The maximum absolute atomic E-state index is 11.1. The number of aliphatic hydroxyl groups is 1. The third-order valence-corrected chi connectivity index (χ3v) is 4.04. The van der Waals surface area contributed by atoms with Crippen LogP contribution in [-0.2, 0) is 13.0 Å². The van der Waals surface area contributed by atoms with E-state index in [0.29, 0.717) is 18.0 Å². The van der Waals surface area contributed by atoms with Crippen molar-refractivity contribution in [1.29, 1.82) is 0 Å². The quantitative estimate of drug-likeness (QED) is 0.612. The number of nitrogen functional groups attached to an aromatic ring is 1. The molecule has 7 nitrogen and oxygen atoms in total. The third-order valence-electron chi connectivity index (χ3n) is 4.04. The second-order valence-electron chi connectivity index (χ2n) is 5.43. The number of hydrogen-bond donors (Lipinski definition) is 2. The van der Waals surface area contributed by atoms with Crippen molar-refractivity contribution in [3.8, 4) is 0 Å². The predicted octanol–water partition coefficient (Wildman–Crippen LogP) is 1.88. The first-order valence-corrected chi connectivity index (χ1v) is 7.24. The van der Waals surface area contributed by atoms with E-state index in [2.05, 4.69) is 5.10 Å². The van der Waals surface area contributed by atoms with Gasteiger partial charge in [-0.15, -0.1) is 0 Å². The zero-order valence-electron chi connectivity index (χ0n) is 11.6. The number of anilines is 1. The predicted molar refractivity (Wildman–Crippen MR) is 75.3 cm³/mol. The smallest absolute Gasteiger partial charge is 0.333 e. The summed E-state index contributed by atoms with van der Waals surface area (Å²) < 4.78 is 1.33. The maximum atomic E-state index is 11.1. The van der Waals surface area contributed by atoms with Crippen LogP contribution in [0.25, 0.3) is 0 Å². The molecule has 0 bridgehead atoms. The highest BCUT2D eigenvalue weighted by molar-refractivity contribution is 5.56. The molecule has 0 aromatic carbocycles. The first kappa shape index (κ1) is 14.8. The SMILES string of the molecule is Nc1c([N+](=O)[O-])c(CCC2CCCCC2)nn1CCO. The lowest BCUT2D eigenvalue weighted by Crippen LogP contribution is -2.09. The number of nitro groups is 1. The van der Waals surface area contributed by atoms with E-state index in [-0.39, 0.29) is 24.7 Å². The van der Waals surface area contributed by atoms with Gasteiger partial charge >= 0.3 is 5.69 Å². The van der Waals surface area contributed by atoms with Crippen LogP contribution in [0.3, 0.4) is 0 Å².